The van der Waals surface area contributed by atoms with Gasteiger partial charge in [-0.15, -0.1) is 0 Å². The summed E-state index contributed by atoms with van der Waals surface area (Å²) < 4.78 is 47.6. The lowest BCUT2D eigenvalue weighted by Gasteiger charge is -2.44. The number of amides is 2. The maximum Gasteiger partial charge on any atom is 0.437 e. The topological polar surface area (TPSA) is 135 Å². The Kier molecular flexibility index (Phi) is 6.03. The number of nitrogens with one attached hydrogen (secondary N) is 2. The smallest absolute Gasteiger partial charge is 0.437 e. The highest BCUT2D eigenvalue weighted by Gasteiger charge is 2.66. The number of para-hydroxylation sites is 1. The predicted molar refractivity (Wildman–Crippen MR) is 115 cm³/mol. The molecule has 3 N–H and O–H groups in total. The molecule has 0 bridgehead atoms. The lowest BCUT2D eigenvalue weighted by Crippen LogP contribution is -2.72. The van der Waals surface area contributed by atoms with Gasteiger partial charge in [0.15, 0.2) is 5.78 Å². The zero-order valence-corrected chi connectivity index (χ0v) is 18.1. The number of hydrogen-bond acceptors (Lipinski definition) is 6. The first kappa shape index (κ1) is 24.2. The molecule has 2 heterocycles. The van der Waals surface area contributed by atoms with Crippen LogP contribution in [0.5, 0.6) is 0 Å². The van der Waals surface area contributed by atoms with Crippen LogP contribution in [-0.4, -0.2) is 33.7 Å². The number of ketones is 1. The molecule has 35 heavy (non-hydrogen) atoms. The lowest BCUT2D eigenvalue weighted by molar-refractivity contribution is -0.384. The third kappa shape index (κ3) is 4.33. The Morgan fingerprint density at radius 3 is 2.40 bits per heavy atom. The molecule has 0 radical (unpaired) electrons. The first-order valence-electron chi connectivity index (χ1n) is 9.93. The normalized spacial score (nSPS) is 22.3. The quantitative estimate of drug-likeness (QED) is 0.261. The van der Waals surface area contributed by atoms with E-state index < -0.39 is 40.6 Å². The van der Waals surface area contributed by atoms with E-state index in [4.69, 9.17) is 16.0 Å². The first-order chi connectivity index (χ1) is 16.4. The van der Waals surface area contributed by atoms with E-state index in [1.807, 2.05) is 0 Å². The Labute approximate surface area is 199 Å². The Morgan fingerprint density at radius 1 is 1.11 bits per heavy atom. The molecular weight excluding hydrogens is 495 g/mol. The third-order valence-electron chi connectivity index (χ3n) is 5.52. The first-order valence-corrected chi connectivity index (χ1v) is 10.3. The van der Waals surface area contributed by atoms with Crippen LogP contribution in [0.2, 0.25) is 5.02 Å². The summed E-state index contributed by atoms with van der Waals surface area (Å²) in [5, 5.41) is 25.8. The van der Waals surface area contributed by atoms with Crippen molar-refractivity contribution in [2.75, 3.05) is 0 Å². The van der Waals surface area contributed by atoms with E-state index in [1.165, 1.54) is 66.0 Å². The van der Waals surface area contributed by atoms with E-state index in [1.54, 1.807) is 0 Å². The van der Waals surface area contributed by atoms with Gasteiger partial charge in [0.2, 0.25) is 5.72 Å². The molecule has 2 amide bonds. The summed E-state index contributed by atoms with van der Waals surface area (Å²) in [5.74, 6) is -3.91. The zero-order valence-electron chi connectivity index (χ0n) is 17.4. The van der Waals surface area contributed by atoms with Crippen LogP contribution < -0.4 is 10.6 Å². The number of rotatable bonds is 5. The van der Waals surface area contributed by atoms with Gasteiger partial charge in [-0.3, -0.25) is 14.9 Å². The number of nitro benzene ring substituents is 1. The summed E-state index contributed by atoms with van der Waals surface area (Å²) >= 11 is 5.80. The van der Waals surface area contributed by atoms with Crippen LogP contribution in [0, 0.1) is 16.0 Å². The number of Topliss-reactive ketones (excluding diaryl/α,β-unsaturated/α-hetero) is 1. The Hall–Kier alpha value is -3.90. The van der Waals surface area contributed by atoms with E-state index in [0.29, 0.717) is 0 Å². The molecule has 4 rings (SSSR count). The van der Waals surface area contributed by atoms with Crippen LogP contribution in [0.15, 0.2) is 65.1 Å². The average Bonchev–Trinajstić information content (AvgIpc) is 3.28. The lowest BCUT2D eigenvalue weighted by atomic mass is 9.79. The highest BCUT2D eigenvalue weighted by atomic mass is 35.5. The number of halogens is 4. The Morgan fingerprint density at radius 2 is 1.77 bits per heavy atom. The van der Waals surface area contributed by atoms with Crippen LogP contribution >= 0.6 is 11.6 Å². The van der Waals surface area contributed by atoms with E-state index in [9.17, 15) is 38.0 Å². The second kappa shape index (κ2) is 8.71. The second-order valence-electron chi connectivity index (χ2n) is 7.67. The van der Waals surface area contributed by atoms with Gasteiger partial charge in [-0.05, 0) is 42.5 Å². The van der Waals surface area contributed by atoms with E-state index in [-0.39, 0.29) is 33.4 Å². The van der Waals surface area contributed by atoms with Gasteiger partial charge in [-0.25, -0.2) is 4.79 Å². The van der Waals surface area contributed by atoms with Crippen LogP contribution in [0.1, 0.15) is 22.2 Å². The highest BCUT2D eigenvalue weighted by Crippen LogP contribution is 2.45. The molecule has 13 heteroatoms. The summed E-state index contributed by atoms with van der Waals surface area (Å²) in [6, 6.07) is 9.64. The molecule has 3 aromatic rings. The summed E-state index contributed by atoms with van der Waals surface area (Å²) in [6.45, 7) is 0. The molecule has 0 aliphatic carbocycles. The van der Waals surface area contributed by atoms with Gasteiger partial charge in [-0.1, -0.05) is 23.7 Å². The molecule has 1 fully saturated rings. The summed E-state index contributed by atoms with van der Waals surface area (Å²) in [4.78, 5) is 36.1. The zero-order chi connectivity index (χ0) is 25.5. The van der Waals surface area contributed by atoms with Crippen molar-refractivity contribution in [2.45, 2.75) is 17.9 Å². The fourth-order valence-corrected chi connectivity index (χ4v) is 4.00. The van der Waals surface area contributed by atoms with Gasteiger partial charge in [0.05, 0.1) is 10.5 Å². The molecule has 1 aliphatic heterocycles. The van der Waals surface area contributed by atoms with Crippen molar-refractivity contribution < 1.29 is 37.2 Å². The monoisotopic (exact) mass is 509 g/mol. The summed E-state index contributed by atoms with van der Waals surface area (Å²) in [6.07, 6.45) is -5.45. The van der Waals surface area contributed by atoms with Gasteiger partial charge in [0.1, 0.15) is 23.5 Å². The minimum Gasteiger partial charge on any atom is -0.459 e. The minimum atomic E-state index is -5.45. The van der Waals surface area contributed by atoms with Crippen molar-refractivity contribution in [3.63, 3.8) is 0 Å². The number of aliphatic hydroxyl groups is 1. The molecule has 1 aliphatic rings. The molecule has 182 valence electrons. The van der Waals surface area contributed by atoms with Gasteiger partial charge in [0.25, 0.3) is 5.69 Å². The van der Waals surface area contributed by atoms with E-state index >= 15 is 0 Å². The number of carbonyl (C=O) groups is 2. The third-order valence-corrected chi connectivity index (χ3v) is 5.77. The second-order valence-corrected chi connectivity index (χ2v) is 8.10. The van der Waals surface area contributed by atoms with Crippen LogP contribution in [0.3, 0.4) is 0 Å². The molecule has 2 aromatic carbocycles. The van der Waals surface area contributed by atoms with Crippen molar-refractivity contribution >= 4 is 29.1 Å². The molecular formula is C22H15ClF3N3O6. The molecule has 0 spiro atoms. The standard InChI is InChI=1S/C22H15ClF3N3O6/c23-12-7-5-11(6-8-12)19(30)17-18(27-20(31)28-21(17,32)22(24,25)26)16-10-9-15(35-16)13-3-1-2-4-14(13)29(33)34/h1-10,17-18,32H,(H2,27,28,31)/t17-,18+,21-/m0/s1. The molecule has 0 unspecified atom stereocenters. The summed E-state index contributed by atoms with van der Waals surface area (Å²) in [5.41, 5.74) is -4.47. The van der Waals surface area contributed by atoms with Crippen LogP contribution in [-0.2, 0) is 0 Å². The van der Waals surface area contributed by atoms with E-state index in [2.05, 4.69) is 5.32 Å². The fraction of sp³-hybridized carbons (Fsp3) is 0.182. The molecule has 9 nitrogen and oxygen atoms in total. The summed E-state index contributed by atoms with van der Waals surface area (Å²) in [7, 11) is 0. The fourth-order valence-electron chi connectivity index (χ4n) is 3.88. The van der Waals surface area contributed by atoms with Gasteiger partial charge in [-0.2, -0.15) is 13.2 Å². The van der Waals surface area contributed by atoms with Crippen molar-refractivity contribution in [3.05, 3.63) is 87.1 Å². The minimum absolute atomic E-state index is 0.0238. The van der Waals surface area contributed by atoms with Crippen molar-refractivity contribution in [1.82, 2.24) is 10.6 Å². The Bertz CT molecular complexity index is 1310. The van der Waals surface area contributed by atoms with E-state index in [0.717, 1.165) is 0 Å². The number of carbonyl (C=O) groups excluding carboxylic acids is 2. The van der Waals surface area contributed by atoms with Crippen molar-refractivity contribution in [3.8, 4) is 11.3 Å². The number of hydrogen-bond donors (Lipinski definition) is 3. The number of alkyl halides is 3. The molecule has 0 saturated carbocycles. The maximum atomic E-state index is 14.0. The van der Waals surface area contributed by atoms with Crippen molar-refractivity contribution in [1.29, 1.82) is 0 Å². The highest BCUT2D eigenvalue weighted by molar-refractivity contribution is 6.30. The average molecular weight is 510 g/mol. The Balaban J connectivity index is 1.83. The van der Waals surface area contributed by atoms with Gasteiger partial charge in [0, 0.05) is 16.7 Å². The molecule has 1 saturated heterocycles. The van der Waals surface area contributed by atoms with Gasteiger partial charge < -0.3 is 20.2 Å². The molecule has 1 aromatic heterocycles. The number of nitrogens with zero attached hydrogens (tertiary/aromatic N) is 1. The number of nitro groups is 1. The largest absolute Gasteiger partial charge is 0.459 e. The number of urea groups is 1. The molecule has 3 atom stereocenters. The predicted octanol–water partition coefficient (Wildman–Crippen LogP) is 4.61. The number of benzene rings is 2. The van der Waals surface area contributed by atoms with Crippen LogP contribution in [0.4, 0.5) is 23.7 Å². The van der Waals surface area contributed by atoms with Crippen molar-refractivity contribution in [2.24, 2.45) is 5.92 Å². The van der Waals surface area contributed by atoms with Crippen LogP contribution in [0.25, 0.3) is 11.3 Å². The maximum absolute atomic E-state index is 14.0. The van der Waals surface area contributed by atoms with Gasteiger partial charge >= 0.3 is 12.2 Å². The SMILES string of the molecule is O=C1N[C@H](c2ccc(-c3ccccc3[N+](=O)[O-])o2)[C@@H](C(=O)c2ccc(Cl)cc2)[C@](O)(C(F)(F)F)N1. The number of furan rings is 1.